The molecule has 0 aliphatic carbocycles. The van der Waals surface area contributed by atoms with Crippen LogP contribution < -0.4 is 14.8 Å². The maximum atomic E-state index is 11.3. The SMILES string of the molecule is COc1cc(C=Cc2cccc(-c3ccccc3)c2C)cc(OC)c1CNc1ccc(O)c(C(=O)O)c1. The van der Waals surface area contributed by atoms with Crippen molar-refractivity contribution in [3.8, 4) is 28.4 Å². The van der Waals surface area contributed by atoms with Crippen LogP contribution in [0, 0.1) is 6.92 Å². The van der Waals surface area contributed by atoms with Crippen molar-refractivity contribution in [2.24, 2.45) is 0 Å². The Morgan fingerprint density at radius 3 is 2.24 bits per heavy atom. The summed E-state index contributed by atoms with van der Waals surface area (Å²) in [6, 6.07) is 24.8. The molecule has 0 saturated heterocycles. The Balaban J connectivity index is 1.60. The normalized spacial score (nSPS) is 10.9. The van der Waals surface area contributed by atoms with Gasteiger partial charge in [0, 0.05) is 12.2 Å². The first-order valence-electron chi connectivity index (χ1n) is 11.8. The fourth-order valence-electron chi connectivity index (χ4n) is 4.23. The molecular formula is C31H29NO5. The van der Waals surface area contributed by atoms with Crippen LogP contribution in [0.1, 0.15) is 32.6 Å². The van der Waals surface area contributed by atoms with Crippen molar-refractivity contribution in [1.29, 1.82) is 0 Å². The number of rotatable bonds is 9. The molecular weight excluding hydrogens is 466 g/mol. The standard InChI is InChI=1S/C31H29NO5/c1-20-22(10-7-11-25(20)23-8-5-4-6-9-23)13-12-21-16-29(36-2)27(30(17-21)37-3)19-32-24-14-15-28(33)26(18-24)31(34)35/h4-18,32-33H,19H2,1-3H3,(H,34,35). The summed E-state index contributed by atoms with van der Waals surface area (Å²) in [6.07, 6.45) is 4.11. The van der Waals surface area contributed by atoms with Crippen LogP contribution in [0.4, 0.5) is 5.69 Å². The third kappa shape index (κ3) is 5.76. The number of carboxylic acids is 1. The summed E-state index contributed by atoms with van der Waals surface area (Å²) in [4.78, 5) is 11.3. The lowest BCUT2D eigenvalue weighted by Gasteiger charge is -2.16. The molecule has 0 saturated carbocycles. The van der Waals surface area contributed by atoms with E-state index in [-0.39, 0.29) is 11.3 Å². The monoisotopic (exact) mass is 495 g/mol. The fraction of sp³-hybridized carbons (Fsp3) is 0.129. The van der Waals surface area contributed by atoms with Gasteiger partial charge in [0.15, 0.2) is 0 Å². The first-order chi connectivity index (χ1) is 17.9. The summed E-state index contributed by atoms with van der Waals surface area (Å²) >= 11 is 0. The maximum absolute atomic E-state index is 11.3. The first kappa shape index (κ1) is 25.4. The lowest BCUT2D eigenvalue weighted by molar-refractivity contribution is 0.0693. The molecule has 0 aliphatic rings. The van der Waals surface area contributed by atoms with Crippen LogP contribution in [0.3, 0.4) is 0 Å². The zero-order valence-corrected chi connectivity index (χ0v) is 21.0. The van der Waals surface area contributed by atoms with Gasteiger partial charge < -0.3 is 25.0 Å². The van der Waals surface area contributed by atoms with E-state index in [0.717, 1.165) is 16.7 Å². The number of carboxylic acid groups (broad SMARTS) is 1. The number of phenols is 1. The molecule has 37 heavy (non-hydrogen) atoms. The fourth-order valence-corrected chi connectivity index (χ4v) is 4.23. The van der Waals surface area contributed by atoms with Crippen molar-refractivity contribution in [2.75, 3.05) is 19.5 Å². The molecule has 0 radical (unpaired) electrons. The molecule has 0 fully saturated rings. The molecule has 4 aromatic rings. The number of carbonyl (C=O) groups is 1. The third-order valence-corrected chi connectivity index (χ3v) is 6.24. The van der Waals surface area contributed by atoms with Crippen LogP contribution in [0.2, 0.25) is 0 Å². The van der Waals surface area contributed by atoms with E-state index < -0.39 is 5.97 Å². The summed E-state index contributed by atoms with van der Waals surface area (Å²) < 4.78 is 11.3. The van der Waals surface area contributed by atoms with Gasteiger partial charge in [-0.1, -0.05) is 60.7 Å². The van der Waals surface area contributed by atoms with Crippen LogP contribution in [-0.4, -0.2) is 30.4 Å². The Kier molecular flexibility index (Phi) is 7.79. The Morgan fingerprint density at radius 1 is 0.892 bits per heavy atom. The van der Waals surface area contributed by atoms with E-state index in [9.17, 15) is 15.0 Å². The minimum atomic E-state index is -1.20. The van der Waals surface area contributed by atoms with Gasteiger partial charge in [-0.25, -0.2) is 4.79 Å². The molecule has 0 atom stereocenters. The molecule has 6 nitrogen and oxygen atoms in total. The van der Waals surface area contributed by atoms with Gasteiger partial charge in [0.2, 0.25) is 0 Å². The highest BCUT2D eigenvalue weighted by Gasteiger charge is 2.14. The number of anilines is 1. The molecule has 4 aromatic carbocycles. The van der Waals surface area contributed by atoms with Gasteiger partial charge in [-0.15, -0.1) is 0 Å². The highest BCUT2D eigenvalue weighted by molar-refractivity contribution is 5.92. The molecule has 0 heterocycles. The number of aromatic carboxylic acids is 1. The number of methoxy groups -OCH3 is 2. The van der Waals surface area contributed by atoms with Gasteiger partial charge in [0.1, 0.15) is 22.8 Å². The number of nitrogens with one attached hydrogen (secondary N) is 1. The molecule has 188 valence electrons. The van der Waals surface area contributed by atoms with Crippen molar-refractivity contribution in [3.63, 3.8) is 0 Å². The van der Waals surface area contributed by atoms with Crippen molar-refractivity contribution >= 4 is 23.8 Å². The Morgan fingerprint density at radius 2 is 1.59 bits per heavy atom. The van der Waals surface area contributed by atoms with E-state index >= 15 is 0 Å². The first-order valence-corrected chi connectivity index (χ1v) is 11.8. The van der Waals surface area contributed by atoms with Gasteiger partial charge in [-0.05, 0) is 65.1 Å². The van der Waals surface area contributed by atoms with Gasteiger partial charge >= 0.3 is 5.97 Å². The predicted octanol–water partition coefficient (Wildman–Crippen LogP) is 6.87. The molecule has 4 rings (SSSR count). The minimum Gasteiger partial charge on any atom is -0.507 e. The molecule has 0 spiro atoms. The smallest absolute Gasteiger partial charge is 0.339 e. The van der Waals surface area contributed by atoms with Crippen molar-refractivity contribution in [1.82, 2.24) is 0 Å². The highest BCUT2D eigenvalue weighted by atomic mass is 16.5. The van der Waals surface area contributed by atoms with Crippen LogP contribution in [0.5, 0.6) is 17.2 Å². The predicted molar refractivity (Wildman–Crippen MR) is 147 cm³/mol. The number of hydrogen-bond acceptors (Lipinski definition) is 5. The van der Waals surface area contributed by atoms with E-state index in [1.54, 1.807) is 20.3 Å². The largest absolute Gasteiger partial charge is 0.507 e. The van der Waals surface area contributed by atoms with E-state index in [1.165, 1.54) is 28.8 Å². The Hall–Kier alpha value is -4.71. The lowest BCUT2D eigenvalue weighted by Crippen LogP contribution is -2.06. The average Bonchev–Trinajstić information content (AvgIpc) is 2.92. The van der Waals surface area contributed by atoms with Crippen LogP contribution >= 0.6 is 0 Å². The van der Waals surface area contributed by atoms with E-state index in [4.69, 9.17) is 9.47 Å². The maximum Gasteiger partial charge on any atom is 0.339 e. The molecule has 0 bridgehead atoms. The molecule has 0 unspecified atom stereocenters. The number of ether oxygens (including phenoxy) is 2. The van der Waals surface area contributed by atoms with E-state index in [2.05, 4.69) is 48.6 Å². The van der Waals surface area contributed by atoms with E-state index in [1.807, 2.05) is 36.4 Å². The highest BCUT2D eigenvalue weighted by Crippen LogP contribution is 2.33. The zero-order valence-electron chi connectivity index (χ0n) is 21.0. The van der Waals surface area contributed by atoms with Crippen LogP contribution in [0.15, 0.2) is 78.9 Å². The van der Waals surface area contributed by atoms with Crippen molar-refractivity contribution in [2.45, 2.75) is 13.5 Å². The van der Waals surface area contributed by atoms with Gasteiger partial charge in [0.25, 0.3) is 0 Å². The molecule has 0 aliphatic heterocycles. The third-order valence-electron chi connectivity index (χ3n) is 6.24. The summed E-state index contributed by atoms with van der Waals surface area (Å²) in [7, 11) is 3.20. The molecule has 3 N–H and O–H groups in total. The molecule has 0 aromatic heterocycles. The zero-order chi connectivity index (χ0) is 26.4. The summed E-state index contributed by atoms with van der Waals surface area (Å²) in [5.41, 5.74) is 6.77. The second-order valence-electron chi connectivity index (χ2n) is 8.51. The van der Waals surface area contributed by atoms with Crippen LogP contribution in [0.25, 0.3) is 23.3 Å². The number of benzene rings is 4. The quantitative estimate of drug-likeness (QED) is 0.174. The summed E-state index contributed by atoms with van der Waals surface area (Å²) in [5.74, 6) is -0.206. The Labute approximate surface area is 216 Å². The Bertz CT molecular complexity index is 1420. The second-order valence-corrected chi connectivity index (χ2v) is 8.51. The van der Waals surface area contributed by atoms with Crippen molar-refractivity contribution in [3.05, 3.63) is 107 Å². The molecule has 0 amide bonds. The summed E-state index contributed by atoms with van der Waals surface area (Å²) in [5, 5.41) is 22.2. The topological polar surface area (TPSA) is 88.0 Å². The van der Waals surface area contributed by atoms with Crippen LogP contribution in [-0.2, 0) is 6.54 Å². The summed E-state index contributed by atoms with van der Waals surface area (Å²) in [6.45, 7) is 2.45. The average molecular weight is 496 g/mol. The second kappa shape index (κ2) is 11.4. The minimum absolute atomic E-state index is 0.170. The molecule has 6 heteroatoms. The lowest BCUT2D eigenvalue weighted by atomic mass is 9.96. The van der Waals surface area contributed by atoms with Gasteiger partial charge in [-0.2, -0.15) is 0 Å². The number of hydrogen-bond donors (Lipinski definition) is 3. The van der Waals surface area contributed by atoms with Crippen molar-refractivity contribution < 1.29 is 24.5 Å². The van der Waals surface area contributed by atoms with Gasteiger partial charge in [0.05, 0.1) is 19.8 Å². The number of aromatic hydroxyl groups is 1. The van der Waals surface area contributed by atoms with E-state index in [0.29, 0.717) is 23.7 Å². The van der Waals surface area contributed by atoms with Gasteiger partial charge in [-0.3, -0.25) is 0 Å².